The van der Waals surface area contributed by atoms with Gasteiger partial charge in [0, 0.05) is 13.1 Å². The molecule has 0 amide bonds. The van der Waals surface area contributed by atoms with E-state index in [1.165, 1.54) is 6.07 Å². The van der Waals surface area contributed by atoms with E-state index in [9.17, 15) is 12.8 Å². The number of benzene rings is 1. The average Bonchev–Trinajstić information content (AvgIpc) is 2.40. The van der Waals surface area contributed by atoms with Gasteiger partial charge in [-0.2, -0.15) is 0 Å². The topological polar surface area (TPSA) is 75.4 Å². The van der Waals surface area contributed by atoms with Gasteiger partial charge in [0.05, 0.1) is 10.6 Å². The lowest BCUT2D eigenvalue weighted by atomic mass is 9.99. The Balaban J connectivity index is 2.01. The Labute approximate surface area is 119 Å². The number of anilines is 1. The summed E-state index contributed by atoms with van der Waals surface area (Å²) in [5.74, 6) is -0.306. The predicted octanol–water partition coefficient (Wildman–Crippen LogP) is 1.03. The van der Waals surface area contributed by atoms with E-state index in [1.807, 2.05) is 7.05 Å². The third-order valence-electron chi connectivity index (χ3n) is 3.56. The van der Waals surface area contributed by atoms with Gasteiger partial charge in [-0.3, -0.25) is 0 Å². The third kappa shape index (κ3) is 3.68. The van der Waals surface area contributed by atoms with Crippen LogP contribution < -0.4 is 10.5 Å². The molecule has 1 aromatic carbocycles. The molecule has 1 aliphatic rings. The number of nitrogen functional groups attached to an aromatic ring is 1. The zero-order chi connectivity index (χ0) is 14.8. The quantitative estimate of drug-likeness (QED) is 0.815. The summed E-state index contributed by atoms with van der Waals surface area (Å²) in [5, 5.41) is 0. The van der Waals surface area contributed by atoms with Crippen LogP contribution in [0.2, 0.25) is 0 Å². The van der Waals surface area contributed by atoms with Crippen LogP contribution in [0.5, 0.6) is 0 Å². The first-order chi connectivity index (χ1) is 9.38. The van der Waals surface area contributed by atoms with E-state index in [1.54, 1.807) is 0 Å². The van der Waals surface area contributed by atoms with Gasteiger partial charge in [-0.15, -0.1) is 0 Å². The van der Waals surface area contributed by atoms with E-state index < -0.39 is 15.8 Å². The summed E-state index contributed by atoms with van der Waals surface area (Å²) in [6.07, 6.45) is 2.09. The van der Waals surface area contributed by atoms with Gasteiger partial charge in [0.2, 0.25) is 10.0 Å². The van der Waals surface area contributed by atoms with Crippen LogP contribution in [0.25, 0.3) is 0 Å². The van der Waals surface area contributed by atoms with Crippen LogP contribution in [-0.2, 0) is 10.0 Å². The molecule has 5 nitrogen and oxygen atoms in total. The number of hydrogen-bond acceptors (Lipinski definition) is 4. The lowest BCUT2D eigenvalue weighted by molar-refractivity contribution is 0.211. The van der Waals surface area contributed by atoms with Gasteiger partial charge in [0.1, 0.15) is 5.82 Å². The minimum absolute atomic E-state index is 0.000522. The van der Waals surface area contributed by atoms with Crippen molar-refractivity contribution in [3.63, 3.8) is 0 Å². The molecule has 3 N–H and O–H groups in total. The van der Waals surface area contributed by atoms with Crippen LogP contribution in [0, 0.1) is 11.7 Å². The smallest absolute Gasteiger partial charge is 0.240 e. The van der Waals surface area contributed by atoms with Crippen LogP contribution in [-0.4, -0.2) is 40.0 Å². The molecule has 1 atom stereocenters. The maximum Gasteiger partial charge on any atom is 0.240 e. The molecule has 7 heteroatoms. The fourth-order valence-corrected chi connectivity index (χ4v) is 3.59. The van der Waals surface area contributed by atoms with Crippen molar-refractivity contribution in [3.05, 3.63) is 24.0 Å². The van der Waals surface area contributed by atoms with Crippen LogP contribution >= 0.6 is 0 Å². The number of nitrogens with one attached hydrogen (secondary N) is 1. The van der Waals surface area contributed by atoms with Gasteiger partial charge in [-0.05, 0) is 50.6 Å². The van der Waals surface area contributed by atoms with Crippen molar-refractivity contribution in [1.82, 2.24) is 9.62 Å². The molecule has 1 heterocycles. The zero-order valence-electron chi connectivity index (χ0n) is 11.5. The van der Waals surface area contributed by atoms with Crippen LogP contribution in [0.15, 0.2) is 23.1 Å². The van der Waals surface area contributed by atoms with E-state index in [0.717, 1.165) is 38.1 Å². The maximum absolute atomic E-state index is 13.1. The van der Waals surface area contributed by atoms with E-state index in [4.69, 9.17) is 5.73 Å². The zero-order valence-corrected chi connectivity index (χ0v) is 12.3. The first-order valence-electron chi connectivity index (χ1n) is 6.62. The Hall–Kier alpha value is -1.18. The second-order valence-corrected chi connectivity index (χ2v) is 7.07. The lowest BCUT2D eigenvalue weighted by Crippen LogP contribution is -2.39. The molecule has 20 heavy (non-hydrogen) atoms. The summed E-state index contributed by atoms with van der Waals surface area (Å²) in [6, 6.07) is 3.43. The van der Waals surface area contributed by atoms with Crippen LogP contribution in [0.4, 0.5) is 10.1 Å². The average molecular weight is 301 g/mol. The summed E-state index contributed by atoms with van der Waals surface area (Å²) in [6.45, 7) is 2.33. The molecule has 0 radical (unpaired) electrons. The minimum Gasteiger partial charge on any atom is -0.396 e. The number of hydrogen-bond donors (Lipinski definition) is 2. The second-order valence-electron chi connectivity index (χ2n) is 5.31. The molecule has 1 fully saturated rings. The first kappa shape index (κ1) is 15.2. The van der Waals surface area contributed by atoms with Crippen LogP contribution in [0.1, 0.15) is 12.8 Å². The van der Waals surface area contributed by atoms with Crippen molar-refractivity contribution in [3.8, 4) is 0 Å². The Morgan fingerprint density at radius 1 is 1.50 bits per heavy atom. The molecule has 2 rings (SSSR count). The lowest BCUT2D eigenvalue weighted by Gasteiger charge is -2.29. The Bertz CT molecular complexity index is 577. The molecule has 0 spiro atoms. The highest BCUT2D eigenvalue weighted by Gasteiger charge is 2.21. The minimum atomic E-state index is -3.63. The molecule has 1 unspecified atom stereocenters. The molecular weight excluding hydrogens is 281 g/mol. The van der Waals surface area contributed by atoms with Crippen molar-refractivity contribution < 1.29 is 12.8 Å². The van der Waals surface area contributed by atoms with E-state index in [2.05, 4.69) is 9.62 Å². The predicted molar refractivity (Wildman–Crippen MR) is 76.2 cm³/mol. The van der Waals surface area contributed by atoms with Gasteiger partial charge in [0.15, 0.2) is 0 Å². The maximum atomic E-state index is 13.1. The third-order valence-corrected chi connectivity index (χ3v) is 4.98. The van der Waals surface area contributed by atoms with Gasteiger partial charge in [-0.1, -0.05) is 0 Å². The number of piperidine rings is 1. The van der Waals surface area contributed by atoms with Crippen molar-refractivity contribution in [1.29, 1.82) is 0 Å². The fourth-order valence-electron chi connectivity index (χ4n) is 2.44. The number of sulfonamides is 1. The van der Waals surface area contributed by atoms with E-state index in [-0.39, 0.29) is 10.6 Å². The summed E-state index contributed by atoms with van der Waals surface area (Å²) >= 11 is 0. The normalized spacial score (nSPS) is 21.0. The van der Waals surface area contributed by atoms with Gasteiger partial charge in [0.25, 0.3) is 0 Å². The Morgan fingerprint density at radius 3 is 2.90 bits per heavy atom. The Morgan fingerprint density at radius 2 is 2.25 bits per heavy atom. The molecule has 0 aromatic heterocycles. The monoisotopic (exact) mass is 301 g/mol. The fraction of sp³-hybridized carbons (Fsp3) is 0.538. The number of halogens is 1. The molecule has 0 bridgehead atoms. The van der Waals surface area contributed by atoms with Gasteiger partial charge >= 0.3 is 0 Å². The molecule has 112 valence electrons. The number of rotatable bonds is 4. The van der Waals surface area contributed by atoms with Crippen molar-refractivity contribution in [2.24, 2.45) is 5.92 Å². The van der Waals surface area contributed by atoms with E-state index >= 15 is 0 Å². The summed E-state index contributed by atoms with van der Waals surface area (Å²) in [4.78, 5) is 2.19. The van der Waals surface area contributed by atoms with Crippen LogP contribution in [0.3, 0.4) is 0 Å². The summed E-state index contributed by atoms with van der Waals surface area (Å²) in [5.41, 5.74) is 5.24. The number of nitrogens with zero attached hydrogens (tertiary/aromatic N) is 1. The summed E-state index contributed by atoms with van der Waals surface area (Å²) in [7, 11) is -1.60. The van der Waals surface area contributed by atoms with Gasteiger partial charge in [-0.25, -0.2) is 17.5 Å². The molecule has 0 saturated carbocycles. The molecule has 1 saturated heterocycles. The van der Waals surface area contributed by atoms with Crippen molar-refractivity contribution >= 4 is 15.7 Å². The highest BCUT2D eigenvalue weighted by molar-refractivity contribution is 7.89. The van der Waals surface area contributed by atoms with Crippen molar-refractivity contribution in [2.75, 3.05) is 32.4 Å². The molecule has 1 aliphatic heterocycles. The Kier molecular flexibility index (Phi) is 4.62. The SMILES string of the molecule is CN1CCCC(CNS(=O)(=O)c2ccc(F)c(N)c2)C1. The summed E-state index contributed by atoms with van der Waals surface area (Å²) < 4.78 is 39.9. The molecular formula is C13H20FN3O2S. The number of nitrogens with two attached hydrogens (primary N) is 1. The largest absolute Gasteiger partial charge is 0.396 e. The van der Waals surface area contributed by atoms with Crippen molar-refractivity contribution in [2.45, 2.75) is 17.7 Å². The standard InChI is InChI=1S/C13H20FN3O2S/c1-17-6-2-3-10(9-17)8-16-20(18,19)11-4-5-12(14)13(15)7-11/h4-5,7,10,16H,2-3,6,8-9,15H2,1H3. The second kappa shape index (κ2) is 6.07. The highest BCUT2D eigenvalue weighted by Crippen LogP contribution is 2.18. The first-order valence-corrected chi connectivity index (χ1v) is 8.10. The number of likely N-dealkylation sites (tertiary alicyclic amines) is 1. The van der Waals surface area contributed by atoms with E-state index in [0.29, 0.717) is 12.5 Å². The highest BCUT2D eigenvalue weighted by atomic mass is 32.2. The van der Waals surface area contributed by atoms with Gasteiger partial charge < -0.3 is 10.6 Å². The molecule has 0 aliphatic carbocycles. The molecule has 1 aromatic rings.